The molecule has 0 saturated carbocycles. The summed E-state index contributed by atoms with van der Waals surface area (Å²) in [6, 6.07) is 11.1. The third kappa shape index (κ3) is 3.13. The molecule has 3 rings (SSSR count). The summed E-state index contributed by atoms with van der Waals surface area (Å²) in [5, 5.41) is 19.6. The lowest BCUT2D eigenvalue weighted by molar-refractivity contribution is 0.373. The maximum absolute atomic E-state index is 12.1. The molecule has 0 fully saturated rings. The van der Waals surface area contributed by atoms with Crippen LogP contribution in [0.4, 0.5) is 0 Å². The summed E-state index contributed by atoms with van der Waals surface area (Å²) in [5.41, 5.74) is 1.18. The number of aromatic hydroxyl groups is 2. The number of benzene rings is 2. The predicted molar refractivity (Wildman–Crippen MR) is 86.2 cm³/mol. The van der Waals surface area contributed by atoms with Crippen LogP contribution in [-0.2, 0) is 12.8 Å². The Morgan fingerprint density at radius 3 is 2.61 bits per heavy atom. The second-order valence-corrected chi connectivity index (χ2v) is 5.26. The molecule has 0 amide bonds. The number of hydrogen-bond donors (Lipinski definition) is 2. The fourth-order valence-corrected chi connectivity index (χ4v) is 2.48. The Morgan fingerprint density at radius 2 is 1.87 bits per heavy atom. The van der Waals surface area contributed by atoms with Gasteiger partial charge in [-0.1, -0.05) is 6.07 Å². The Labute approximate surface area is 132 Å². The first kappa shape index (κ1) is 15.0. The minimum Gasteiger partial charge on any atom is -0.508 e. The summed E-state index contributed by atoms with van der Waals surface area (Å²) < 4.78 is 10.7. The van der Waals surface area contributed by atoms with E-state index in [2.05, 4.69) is 0 Å². The van der Waals surface area contributed by atoms with Crippen molar-refractivity contribution in [3.63, 3.8) is 0 Å². The molecule has 23 heavy (non-hydrogen) atoms. The topological polar surface area (TPSA) is 79.9 Å². The van der Waals surface area contributed by atoms with Gasteiger partial charge in [0.05, 0.1) is 12.5 Å². The van der Waals surface area contributed by atoms with Gasteiger partial charge >= 0.3 is 0 Å². The minimum absolute atomic E-state index is 0.0336. The Kier molecular flexibility index (Phi) is 3.93. The van der Waals surface area contributed by atoms with Crippen LogP contribution in [0.3, 0.4) is 0 Å². The van der Waals surface area contributed by atoms with E-state index in [1.807, 2.05) is 6.07 Å². The number of fused-ring (bicyclic) bond motifs is 1. The molecule has 0 bridgehead atoms. The zero-order chi connectivity index (χ0) is 16.4. The van der Waals surface area contributed by atoms with Gasteiger partial charge in [0.15, 0.2) is 16.9 Å². The van der Waals surface area contributed by atoms with E-state index < -0.39 is 0 Å². The summed E-state index contributed by atoms with van der Waals surface area (Å²) in [6.45, 7) is 0. The molecule has 0 spiro atoms. The molecule has 5 nitrogen and oxygen atoms in total. The molecular formula is C18H16O5. The van der Waals surface area contributed by atoms with Gasteiger partial charge in [0.2, 0.25) is 0 Å². The average molecular weight is 312 g/mol. The quantitative estimate of drug-likeness (QED) is 0.774. The normalized spacial score (nSPS) is 10.8. The Morgan fingerprint density at radius 1 is 1.04 bits per heavy atom. The molecule has 0 radical (unpaired) electrons. The van der Waals surface area contributed by atoms with Gasteiger partial charge < -0.3 is 19.4 Å². The van der Waals surface area contributed by atoms with Crippen molar-refractivity contribution in [2.75, 3.05) is 7.11 Å². The standard InChI is InChI=1S/C18H16O5/c1-22-18-6-3-11(8-16(18)21)2-5-13-10-15(20)14-9-12(19)4-7-17(14)23-13/h3-4,6-10,19,21H,2,5H2,1H3. The molecule has 2 N–H and O–H groups in total. The first-order valence-corrected chi connectivity index (χ1v) is 7.18. The van der Waals surface area contributed by atoms with E-state index in [0.29, 0.717) is 35.3 Å². The van der Waals surface area contributed by atoms with Gasteiger partial charge in [0, 0.05) is 12.5 Å². The van der Waals surface area contributed by atoms with Crippen LogP contribution in [0.2, 0.25) is 0 Å². The molecule has 2 aromatic carbocycles. The van der Waals surface area contributed by atoms with Gasteiger partial charge in [-0.15, -0.1) is 0 Å². The highest BCUT2D eigenvalue weighted by Crippen LogP contribution is 2.27. The van der Waals surface area contributed by atoms with E-state index in [-0.39, 0.29) is 16.9 Å². The Hall–Kier alpha value is -2.95. The van der Waals surface area contributed by atoms with Gasteiger partial charge in [-0.2, -0.15) is 0 Å². The van der Waals surface area contributed by atoms with E-state index in [4.69, 9.17) is 9.15 Å². The third-order valence-electron chi connectivity index (χ3n) is 3.67. The van der Waals surface area contributed by atoms with Crippen molar-refractivity contribution in [2.45, 2.75) is 12.8 Å². The van der Waals surface area contributed by atoms with Crippen LogP contribution in [0.1, 0.15) is 11.3 Å². The van der Waals surface area contributed by atoms with Gasteiger partial charge in [0.25, 0.3) is 0 Å². The second kappa shape index (κ2) is 6.04. The van der Waals surface area contributed by atoms with E-state index in [9.17, 15) is 15.0 Å². The van der Waals surface area contributed by atoms with Gasteiger partial charge in [0.1, 0.15) is 17.1 Å². The summed E-state index contributed by atoms with van der Waals surface area (Å²) in [4.78, 5) is 12.1. The average Bonchev–Trinajstić information content (AvgIpc) is 2.54. The lowest BCUT2D eigenvalue weighted by Crippen LogP contribution is -2.03. The summed E-state index contributed by atoms with van der Waals surface area (Å²) in [6.07, 6.45) is 1.14. The van der Waals surface area contributed by atoms with E-state index in [0.717, 1.165) is 5.56 Å². The Bertz CT molecular complexity index is 911. The first-order chi connectivity index (χ1) is 11.1. The van der Waals surface area contributed by atoms with Crippen molar-refractivity contribution in [3.8, 4) is 17.2 Å². The van der Waals surface area contributed by atoms with E-state index in [1.54, 1.807) is 18.2 Å². The zero-order valence-electron chi connectivity index (χ0n) is 12.6. The highest BCUT2D eigenvalue weighted by atomic mass is 16.5. The highest BCUT2D eigenvalue weighted by Gasteiger charge is 2.07. The molecule has 3 aromatic rings. The maximum atomic E-state index is 12.1. The van der Waals surface area contributed by atoms with Crippen molar-refractivity contribution in [2.24, 2.45) is 0 Å². The number of phenolic OH excluding ortho intramolecular Hbond substituents is 2. The van der Waals surface area contributed by atoms with Crippen molar-refractivity contribution < 1.29 is 19.4 Å². The fourth-order valence-electron chi connectivity index (χ4n) is 2.48. The molecule has 0 aliphatic rings. The molecule has 1 aromatic heterocycles. The lowest BCUT2D eigenvalue weighted by atomic mass is 10.1. The summed E-state index contributed by atoms with van der Waals surface area (Å²) in [5.74, 6) is 1.10. The first-order valence-electron chi connectivity index (χ1n) is 7.18. The van der Waals surface area contributed by atoms with Crippen LogP contribution in [0.5, 0.6) is 17.2 Å². The van der Waals surface area contributed by atoms with Crippen LogP contribution >= 0.6 is 0 Å². The van der Waals surface area contributed by atoms with Crippen LogP contribution in [0.25, 0.3) is 11.0 Å². The van der Waals surface area contributed by atoms with E-state index in [1.165, 1.54) is 25.3 Å². The number of methoxy groups -OCH3 is 1. The number of ether oxygens (including phenoxy) is 1. The van der Waals surface area contributed by atoms with Gasteiger partial charge in [-0.05, 0) is 42.3 Å². The SMILES string of the molecule is COc1ccc(CCc2cc(=O)c3cc(O)ccc3o2)cc1O. The van der Waals surface area contributed by atoms with Crippen molar-refractivity contribution in [3.05, 3.63) is 64.0 Å². The van der Waals surface area contributed by atoms with Crippen molar-refractivity contribution in [1.29, 1.82) is 0 Å². The zero-order valence-corrected chi connectivity index (χ0v) is 12.6. The van der Waals surface area contributed by atoms with Crippen LogP contribution in [0, 0.1) is 0 Å². The molecule has 5 heteroatoms. The fraction of sp³-hybridized carbons (Fsp3) is 0.167. The number of phenols is 2. The molecule has 0 unspecified atom stereocenters. The van der Waals surface area contributed by atoms with E-state index >= 15 is 0 Å². The smallest absolute Gasteiger partial charge is 0.193 e. The monoisotopic (exact) mass is 312 g/mol. The minimum atomic E-state index is -0.185. The molecule has 1 heterocycles. The number of rotatable bonds is 4. The molecule has 0 aliphatic heterocycles. The second-order valence-electron chi connectivity index (χ2n) is 5.26. The predicted octanol–water partition coefficient (Wildman–Crippen LogP) is 3.00. The molecule has 0 saturated heterocycles. The van der Waals surface area contributed by atoms with Crippen LogP contribution in [-0.4, -0.2) is 17.3 Å². The van der Waals surface area contributed by atoms with Crippen LogP contribution in [0.15, 0.2) is 51.7 Å². The Balaban J connectivity index is 1.83. The molecular weight excluding hydrogens is 296 g/mol. The lowest BCUT2D eigenvalue weighted by Gasteiger charge is -2.07. The van der Waals surface area contributed by atoms with Crippen molar-refractivity contribution in [1.82, 2.24) is 0 Å². The van der Waals surface area contributed by atoms with Gasteiger partial charge in [-0.3, -0.25) is 4.79 Å². The maximum Gasteiger partial charge on any atom is 0.193 e. The molecule has 0 atom stereocenters. The summed E-state index contributed by atoms with van der Waals surface area (Å²) in [7, 11) is 1.50. The largest absolute Gasteiger partial charge is 0.508 e. The number of aryl methyl sites for hydroxylation is 2. The number of hydrogen-bond acceptors (Lipinski definition) is 5. The third-order valence-corrected chi connectivity index (χ3v) is 3.67. The molecule has 118 valence electrons. The van der Waals surface area contributed by atoms with Crippen molar-refractivity contribution >= 4 is 11.0 Å². The van der Waals surface area contributed by atoms with Crippen LogP contribution < -0.4 is 10.2 Å². The summed E-state index contributed by atoms with van der Waals surface area (Å²) >= 11 is 0. The highest BCUT2D eigenvalue weighted by molar-refractivity contribution is 5.77. The molecule has 0 aliphatic carbocycles. The van der Waals surface area contributed by atoms with Gasteiger partial charge in [-0.25, -0.2) is 0 Å².